The van der Waals surface area contributed by atoms with E-state index < -0.39 is 18.1 Å². The van der Waals surface area contributed by atoms with Gasteiger partial charge in [0, 0.05) is 17.5 Å². The van der Waals surface area contributed by atoms with Crippen molar-refractivity contribution in [3.63, 3.8) is 0 Å². The molecule has 0 aromatic heterocycles. The van der Waals surface area contributed by atoms with Gasteiger partial charge in [-0.1, -0.05) is 30.3 Å². The summed E-state index contributed by atoms with van der Waals surface area (Å²) in [6, 6.07) is 14.4. The molecular formula is C20H20N2O5S. The number of carbonyl (C=O) groups excluding carboxylic acids is 2. The van der Waals surface area contributed by atoms with E-state index in [4.69, 9.17) is 9.84 Å². The van der Waals surface area contributed by atoms with Crippen molar-refractivity contribution in [3.05, 3.63) is 65.7 Å². The predicted octanol–water partition coefficient (Wildman–Crippen LogP) is 3.03. The highest BCUT2D eigenvalue weighted by Gasteiger charge is 2.39. The van der Waals surface area contributed by atoms with Gasteiger partial charge in [-0.05, 0) is 36.2 Å². The molecule has 2 aromatic rings. The Bertz CT molecular complexity index is 857. The number of carboxylic acid groups (broad SMARTS) is 1. The molecule has 8 heteroatoms. The first-order chi connectivity index (χ1) is 13.4. The molecule has 2 N–H and O–H groups in total. The molecule has 146 valence electrons. The Labute approximate surface area is 167 Å². The predicted molar refractivity (Wildman–Crippen MR) is 107 cm³/mol. The number of carboxylic acids is 1. The highest BCUT2D eigenvalue weighted by Crippen LogP contribution is 2.24. The summed E-state index contributed by atoms with van der Waals surface area (Å²) in [5.41, 5.74) is 1.44. The van der Waals surface area contributed by atoms with Crippen LogP contribution >= 0.6 is 12.6 Å². The molecule has 2 atom stereocenters. The Morgan fingerprint density at radius 3 is 2.43 bits per heavy atom. The largest absolute Gasteiger partial charge is 0.478 e. The summed E-state index contributed by atoms with van der Waals surface area (Å²) in [4.78, 5) is 37.4. The topological polar surface area (TPSA) is 95.9 Å². The van der Waals surface area contributed by atoms with E-state index in [-0.39, 0.29) is 23.3 Å². The summed E-state index contributed by atoms with van der Waals surface area (Å²) < 4.78 is 5.34. The van der Waals surface area contributed by atoms with Gasteiger partial charge in [0.1, 0.15) is 12.6 Å². The number of benzene rings is 2. The van der Waals surface area contributed by atoms with Crippen molar-refractivity contribution in [2.75, 3.05) is 11.9 Å². The van der Waals surface area contributed by atoms with Crippen LogP contribution in [-0.4, -0.2) is 45.8 Å². The smallest absolute Gasteiger partial charge is 0.410 e. The minimum atomic E-state index is -1.04. The quantitative estimate of drug-likeness (QED) is 0.671. The zero-order valence-corrected chi connectivity index (χ0v) is 15.8. The molecule has 0 bridgehead atoms. The van der Waals surface area contributed by atoms with Gasteiger partial charge >= 0.3 is 12.1 Å². The first-order valence-electron chi connectivity index (χ1n) is 8.73. The number of hydrogen-bond acceptors (Lipinski definition) is 5. The average molecular weight is 400 g/mol. The second-order valence-electron chi connectivity index (χ2n) is 6.47. The number of anilines is 1. The summed E-state index contributed by atoms with van der Waals surface area (Å²) in [6.45, 7) is 0.436. The van der Waals surface area contributed by atoms with Gasteiger partial charge in [-0.15, -0.1) is 0 Å². The lowest BCUT2D eigenvalue weighted by Gasteiger charge is -2.23. The van der Waals surface area contributed by atoms with E-state index in [2.05, 4.69) is 17.9 Å². The molecule has 1 aliphatic heterocycles. The number of carbonyl (C=O) groups is 3. The molecule has 1 aliphatic rings. The van der Waals surface area contributed by atoms with Crippen LogP contribution in [0.3, 0.4) is 0 Å². The molecule has 7 nitrogen and oxygen atoms in total. The number of likely N-dealkylation sites (tertiary alicyclic amines) is 1. The average Bonchev–Trinajstić information content (AvgIpc) is 3.09. The lowest BCUT2D eigenvalue weighted by atomic mass is 10.1. The minimum absolute atomic E-state index is 0.123. The molecule has 2 amide bonds. The van der Waals surface area contributed by atoms with Gasteiger partial charge in [-0.2, -0.15) is 12.6 Å². The maximum Gasteiger partial charge on any atom is 0.410 e. The molecule has 0 aliphatic carbocycles. The van der Waals surface area contributed by atoms with E-state index in [0.717, 1.165) is 5.56 Å². The van der Waals surface area contributed by atoms with Crippen LogP contribution in [0.25, 0.3) is 0 Å². The number of nitrogens with zero attached hydrogens (tertiary/aromatic N) is 1. The molecule has 28 heavy (non-hydrogen) atoms. The summed E-state index contributed by atoms with van der Waals surface area (Å²) in [6.07, 6.45) is -0.162. The molecule has 1 fully saturated rings. The molecule has 2 unspecified atom stereocenters. The van der Waals surface area contributed by atoms with Gasteiger partial charge in [-0.3, -0.25) is 9.69 Å². The number of aromatic carboxylic acids is 1. The fourth-order valence-electron chi connectivity index (χ4n) is 2.99. The fourth-order valence-corrected chi connectivity index (χ4v) is 3.36. The standard InChI is InChI=1S/C20H20N2O5S/c23-18(21-15-8-6-14(7-9-15)19(24)25)17-10-16(28)11-22(17)20(26)27-12-13-4-2-1-3-5-13/h1-9,16-17,28H,10-12H2,(H,21,23)(H,24,25). The van der Waals surface area contributed by atoms with Crippen LogP contribution in [0.1, 0.15) is 22.3 Å². The fraction of sp³-hybridized carbons (Fsp3) is 0.250. The highest BCUT2D eigenvalue weighted by atomic mass is 32.1. The van der Waals surface area contributed by atoms with Crippen LogP contribution in [0.5, 0.6) is 0 Å². The Morgan fingerprint density at radius 1 is 1.11 bits per heavy atom. The van der Waals surface area contributed by atoms with Crippen molar-refractivity contribution in [2.45, 2.75) is 24.3 Å². The molecule has 0 radical (unpaired) electrons. The van der Waals surface area contributed by atoms with Gasteiger partial charge in [0.15, 0.2) is 0 Å². The zero-order chi connectivity index (χ0) is 20.1. The summed E-state index contributed by atoms with van der Waals surface area (Å²) >= 11 is 4.41. The van der Waals surface area contributed by atoms with Gasteiger partial charge in [-0.25, -0.2) is 9.59 Å². The lowest BCUT2D eigenvalue weighted by Crippen LogP contribution is -2.43. The molecule has 2 aromatic carbocycles. The highest BCUT2D eigenvalue weighted by molar-refractivity contribution is 7.81. The van der Waals surface area contributed by atoms with Gasteiger partial charge < -0.3 is 15.2 Å². The van der Waals surface area contributed by atoms with Crippen molar-refractivity contribution in [3.8, 4) is 0 Å². The Balaban J connectivity index is 1.62. The normalized spacial score (nSPS) is 18.5. The number of nitrogens with one attached hydrogen (secondary N) is 1. The molecule has 1 heterocycles. The molecule has 0 spiro atoms. The van der Waals surface area contributed by atoms with Gasteiger partial charge in [0.2, 0.25) is 5.91 Å². The third kappa shape index (κ3) is 4.83. The number of thiol groups is 1. The third-order valence-electron chi connectivity index (χ3n) is 4.42. The number of ether oxygens (including phenoxy) is 1. The van der Waals surface area contributed by atoms with Crippen molar-refractivity contribution < 1.29 is 24.2 Å². The summed E-state index contributed by atoms with van der Waals surface area (Å²) in [5.74, 6) is -1.41. The van der Waals surface area contributed by atoms with Crippen LogP contribution in [-0.2, 0) is 16.1 Å². The minimum Gasteiger partial charge on any atom is -0.478 e. The zero-order valence-electron chi connectivity index (χ0n) is 14.9. The first-order valence-corrected chi connectivity index (χ1v) is 9.25. The van der Waals surface area contributed by atoms with Crippen LogP contribution < -0.4 is 5.32 Å². The lowest BCUT2D eigenvalue weighted by molar-refractivity contribution is -0.120. The van der Waals surface area contributed by atoms with Crippen LogP contribution in [0, 0.1) is 0 Å². The van der Waals surface area contributed by atoms with Crippen molar-refractivity contribution in [1.29, 1.82) is 0 Å². The van der Waals surface area contributed by atoms with E-state index in [9.17, 15) is 14.4 Å². The Hall–Kier alpha value is -3.00. The summed E-state index contributed by atoms with van der Waals surface area (Å²) in [5, 5.41) is 11.5. The van der Waals surface area contributed by atoms with Crippen LogP contribution in [0.15, 0.2) is 54.6 Å². The van der Waals surface area contributed by atoms with E-state index >= 15 is 0 Å². The maximum absolute atomic E-state index is 12.7. The van der Waals surface area contributed by atoms with Gasteiger partial charge in [0.25, 0.3) is 0 Å². The van der Waals surface area contributed by atoms with E-state index in [1.807, 2.05) is 30.3 Å². The molecule has 0 saturated carbocycles. The first kappa shape index (κ1) is 19.8. The number of amides is 2. The Morgan fingerprint density at radius 2 is 1.79 bits per heavy atom. The van der Waals surface area contributed by atoms with Crippen molar-refractivity contribution in [1.82, 2.24) is 4.90 Å². The number of rotatable bonds is 5. The van der Waals surface area contributed by atoms with Crippen molar-refractivity contribution >= 4 is 36.3 Å². The third-order valence-corrected chi connectivity index (χ3v) is 4.79. The monoisotopic (exact) mass is 400 g/mol. The number of hydrogen-bond donors (Lipinski definition) is 3. The van der Waals surface area contributed by atoms with Crippen molar-refractivity contribution in [2.24, 2.45) is 0 Å². The van der Waals surface area contributed by atoms with E-state index in [1.165, 1.54) is 29.2 Å². The van der Waals surface area contributed by atoms with Crippen LogP contribution in [0.4, 0.5) is 10.5 Å². The maximum atomic E-state index is 12.7. The van der Waals surface area contributed by atoms with E-state index in [0.29, 0.717) is 18.7 Å². The molecule has 1 saturated heterocycles. The Kier molecular flexibility index (Phi) is 6.20. The van der Waals surface area contributed by atoms with Gasteiger partial charge in [0.05, 0.1) is 5.56 Å². The molecular weight excluding hydrogens is 380 g/mol. The SMILES string of the molecule is O=C(O)c1ccc(NC(=O)C2CC(S)CN2C(=O)OCc2ccccc2)cc1. The van der Waals surface area contributed by atoms with E-state index in [1.54, 1.807) is 0 Å². The molecule has 3 rings (SSSR count). The second-order valence-corrected chi connectivity index (χ2v) is 7.20. The summed E-state index contributed by atoms with van der Waals surface area (Å²) in [7, 11) is 0. The van der Waals surface area contributed by atoms with Crippen LogP contribution in [0.2, 0.25) is 0 Å². The second kappa shape index (κ2) is 8.79.